The minimum atomic E-state index is -1.46. The molecule has 0 unspecified atom stereocenters. The van der Waals surface area contributed by atoms with Crippen molar-refractivity contribution >= 4 is 16.6 Å². The Morgan fingerprint density at radius 3 is 2.08 bits per heavy atom. The lowest BCUT2D eigenvalue weighted by Crippen LogP contribution is -2.40. The number of carbonyl (C=O) groups is 1. The highest BCUT2D eigenvalue weighted by Gasteiger charge is 2.43. The van der Waals surface area contributed by atoms with Crippen molar-refractivity contribution in [3.8, 4) is 6.07 Å². The number of Topliss-reactive ketones (excluding diaryl/α,β-unsaturated/α-hetero) is 1. The second kappa shape index (κ2) is 6.93. The molecule has 0 aliphatic heterocycles. The summed E-state index contributed by atoms with van der Waals surface area (Å²) < 4.78 is 13.1. The SMILES string of the molecule is Cc1ccc([S@](=O)c2ccccc2[C@](C)(C#N)C(=O)C(C)(C)C)cc1. The molecule has 0 aromatic heterocycles. The second-order valence-corrected chi connectivity index (χ2v) is 8.84. The summed E-state index contributed by atoms with van der Waals surface area (Å²) in [7, 11) is -1.46. The standard InChI is InChI=1S/C21H23NO2S/c1-15-10-12-16(13-11-15)25(24)18-9-7-6-8-17(18)21(5,14-22)19(23)20(2,3)4/h6-13H,1-5H3/t21-,25-/m0/s1. The fraction of sp³-hybridized carbons (Fsp3) is 0.333. The molecular weight excluding hydrogens is 330 g/mol. The van der Waals surface area contributed by atoms with Crippen LogP contribution in [0.5, 0.6) is 0 Å². The molecule has 0 bridgehead atoms. The molecule has 130 valence electrons. The van der Waals surface area contributed by atoms with Crippen LogP contribution in [0.4, 0.5) is 0 Å². The van der Waals surface area contributed by atoms with Gasteiger partial charge in [-0.2, -0.15) is 5.26 Å². The number of rotatable bonds is 4. The summed E-state index contributed by atoms with van der Waals surface area (Å²) >= 11 is 0. The number of benzene rings is 2. The van der Waals surface area contributed by atoms with Gasteiger partial charge in [-0.15, -0.1) is 0 Å². The highest BCUT2D eigenvalue weighted by molar-refractivity contribution is 7.85. The molecule has 3 nitrogen and oxygen atoms in total. The first-order valence-corrected chi connectivity index (χ1v) is 9.30. The fourth-order valence-corrected chi connectivity index (χ4v) is 4.12. The summed E-state index contributed by atoms with van der Waals surface area (Å²) in [4.78, 5) is 14.1. The molecular formula is C21H23NO2S. The molecule has 25 heavy (non-hydrogen) atoms. The monoisotopic (exact) mass is 353 g/mol. The maximum atomic E-state index is 13.1. The predicted octanol–water partition coefficient (Wildman–Crippen LogP) is 4.56. The Morgan fingerprint density at radius 2 is 1.56 bits per heavy atom. The number of aryl methyl sites for hydroxylation is 1. The molecule has 2 aromatic carbocycles. The Bertz CT molecular complexity index is 857. The Morgan fingerprint density at radius 1 is 1.00 bits per heavy atom. The van der Waals surface area contributed by atoms with E-state index >= 15 is 0 Å². The number of hydrogen-bond acceptors (Lipinski definition) is 3. The molecule has 0 spiro atoms. The van der Waals surface area contributed by atoms with Gasteiger partial charge in [-0.25, -0.2) is 4.21 Å². The van der Waals surface area contributed by atoms with Crippen molar-refractivity contribution in [3.05, 3.63) is 59.7 Å². The Labute approximate surface area is 152 Å². The lowest BCUT2D eigenvalue weighted by atomic mass is 9.70. The van der Waals surface area contributed by atoms with E-state index in [0.29, 0.717) is 15.4 Å². The van der Waals surface area contributed by atoms with Gasteiger partial charge in [0.2, 0.25) is 0 Å². The Kier molecular flexibility index (Phi) is 5.29. The minimum Gasteiger partial charge on any atom is -0.297 e. The third-order valence-corrected chi connectivity index (χ3v) is 5.68. The molecule has 2 atom stereocenters. The maximum absolute atomic E-state index is 13.1. The van der Waals surface area contributed by atoms with Gasteiger partial charge >= 0.3 is 0 Å². The lowest BCUT2D eigenvalue weighted by Gasteiger charge is -2.30. The van der Waals surface area contributed by atoms with Crippen molar-refractivity contribution in [2.24, 2.45) is 5.41 Å². The molecule has 0 N–H and O–H groups in total. The van der Waals surface area contributed by atoms with Crippen molar-refractivity contribution in [2.75, 3.05) is 0 Å². The quantitative estimate of drug-likeness (QED) is 0.810. The van der Waals surface area contributed by atoms with Crippen LogP contribution in [0.1, 0.15) is 38.8 Å². The molecule has 0 fully saturated rings. The van der Waals surface area contributed by atoms with E-state index in [-0.39, 0.29) is 5.78 Å². The smallest absolute Gasteiger partial charge is 0.162 e. The van der Waals surface area contributed by atoms with E-state index in [0.717, 1.165) is 5.56 Å². The number of hydrogen-bond donors (Lipinski definition) is 0. The van der Waals surface area contributed by atoms with Gasteiger partial charge in [-0.3, -0.25) is 4.79 Å². The van der Waals surface area contributed by atoms with Crippen molar-refractivity contribution in [1.82, 2.24) is 0 Å². The molecule has 0 radical (unpaired) electrons. The van der Waals surface area contributed by atoms with Crippen molar-refractivity contribution in [1.29, 1.82) is 5.26 Å². The van der Waals surface area contributed by atoms with Gasteiger partial charge in [0.1, 0.15) is 5.41 Å². The number of ketones is 1. The maximum Gasteiger partial charge on any atom is 0.162 e. The van der Waals surface area contributed by atoms with E-state index in [1.54, 1.807) is 52.0 Å². The van der Waals surface area contributed by atoms with Crippen LogP contribution in [0.3, 0.4) is 0 Å². The van der Waals surface area contributed by atoms with Crippen molar-refractivity contribution in [2.45, 2.75) is 49.8 Å². The van der Waals surface area contributed by atoms with E-state index in [2.05, 4.69) is 6.07 Å². The lowest BCUT2D eigenvalue weighted by molar-refractivity contribution is -0.129. The van der Waals surface area contributed by atoms with E-state index in [1.165, 1.54) is 0 Å². The van der Waals surface area contributed by atoms with Gasteiger partial charge in [0.05, 0.1) is 16.9 Å². The molecule has 0 aliphatic rings. The van der Waals surface area contributed by atoms with Crippen LogP contribution in [0.25, 0.3) is 0 Å². The highest BCUT2D eigenvalue weighted by Crippen LogP contribution is 2.36. The zero-order valence-electron chi connectivity index (χ0n) is 15.3. The molecule has 0 saturated carbocycles. The first-order valence-electron chi connectivity index (χ1n) is 8.15. The zero-order chi connectivity index (χ0) is 18.8. The molecule has 0 aliphatic carbocycles. The summed E-state index contributed by atoms with van der Waals surface area (Å²) in [6.07, 6.45) is 0. The highest BCUT2D eigenvalue weighted by atomic mass is 32.2. The third-order valence-electron chi connectivity index (χ3n) is 4.22. The summed E-state index contributed by atoms with van der Waals surface area (Å²) in [6, 6.07) is 16.6. The molecule has 0 amide bonds. The summed E-state index contributed by atoms with van der Waals surface area (Å²) in [5.74, 6) is -0.184. The average Bonchev–Trinajstić information content (AvgIpc) is 2.59. The normalized spacial score (nSPS) is 15.0. The van der Waals surface area contributed by atoms with Gasteiger partial charge in [0.15, 0.2) is 5.78 Å². The molecule has 4 heteroatoms. The van der Waals surface area contributed by atoms with Gasteiger partial charge in [0.25, 0.3) is 0 Å². The van der Waals surface area contributed by atoms with Crippen LogP contribution < -0.4 is 0 Å². The molecule has 2 rings (SSSR count). The van der Waals surface area contributed by atoms with Crippen LogP contribution in [0.15, 0.2) is 58.3 Å². The topological polar surface area (TPSA) is 57.9 Å². The van der Waals surface area contributed by atoms with Crippen molar-refractivity contribution < 1.29 is 9.00 Å². The third kappa shape index (κ3) is 3.72. The summed E-state index contributed by atoms with van der Waals surface area (Å²) in [5, 5.41) is 9.82. The van der Waals surface area contributed by atoms with Gasteiger partial charge in [-0.05, 0) is 37.6 Å². The van der Waals surface area contributed by atoms with E-state index in [1.807, 2.05) is 31.2 Å². The number of carbonyl (C=O) groups excluding carboxylic acids is 1. The number of nitriles is 1. The van der Waals surface area contributed by atoms with Gasteiger partial charge < -0.3 is 0 Å². The fourth-order valence-electron chi connectivity index (χ4n) is 2.81. The van der Waals surface area contributed by atoms with Crippen molar-refractivity contribution in [3.63, 3.8) is 0 Å². The second-order valence-electron chi connectivity index (χ2n) is 7.39. The van der Waals surface area contributed by atoms with E-state index < -0.39 is 21.6 Å². The average molecular weight is 353 g/mol. The van der Waals surface area contributed by atoms with Crippen LogP contribution in [0.2, 0.25) is 0 Å². The molecule has 0 saturated heterocycles. The summed E-state index contributed by atoms with van der Waals surface area (Å²) in [5.41, 5.74) is -0.437. The molecule has 2 aromatic rings. The van der Waals surface area contributed by atoms with Gasteiger partial charge in [0, 0.05) is 15.2 Å². The Hall–Kier alpha value is -2.25. The molecule has 0 heterocycles. The van der Waals surface area contributed by atoms with Gasteiger partial charge in [-0.1, -0.05) is 56.7 Å². The first-order chi connectivity index (χ1) is 11.6. The predicted molar refractivity (Wildman–Crippen MR) is 99.7 cm³/mol. The minimum absolute atomic E-state index is 0.184. The Balaban J connectivity index is 2.61. The van der Waals surface area contributed by atoms with Crippen LogP contribution in [-0.2, 0) is 21.0 Å². The van der Waals surface area contributed by atoms with Crippen LogP contribution in [0, 0.1) is 23.7 Å². The van der Waals surface area contributed by atoms with E-state index in [9.17, 15) is 14.3 Å². The largest absolute Gasteiger partial charge is 0.297 e. The van der Waals surface area contributed by atoms with E-state index in [4.69, 9.17) is 0 Å². The summed E-state index contributed by atoms with van der Waals surface area (Å²) in [6.45, 7) is 8.97. The van der Waals surface area contributed by atoms with Crippen LogP contribution in [-0.4, -0.2) is 9.99 Å². The number of nitrogens with zero attached hydrogens (tertiary/aromatic N) is 1. The van der Waals surface area contributed by atoms with Crippen LogP contribution >= 0.6 is 0 Å². The zero-order valence-corrected chi connectivity index (χ0v) is 16.1. The first kappa shape index (κ1) is 19.1.